The predicted molar refractivity (Wildman–Crippen MR) is 96.2 cm³/mol. The first kappa shape index (κ1) is 18.4. The fourth-order valence-electron chi connectivity index (χ4n) is 1.94. The second-order valence-corrected chi connectivity index (χ2v) is 5.50. The summed E-state index contributed by atoms with van der Waals surface area (Å²) in [5, 5.41) is 20.9. The van der Waals surface area contributed by atoms with Gasteiger partial charge in [-0.25, -0.2) is 0 Å². The first-order valence-electron chi connectivity index (χ1n) is 7.02. The van der Waals surface area contributed by atoms with E-state index in [2.05, 4.69) is 5.32 Å². The van der Waals surface area contributed by atoms with Crippen LogP contribution >= 0.6 is 23.2 Å². The van der Waals surface area contributed by atoms with Crippen molar-refractivity contribution in [3.05, 3.63) is 63.6 Å². The number of benzene rings is 2. The van der Waals surface area contributed by atoms with E-state index in [9.17, 15) is 10.1 Å². The van der Waals surface area contributed by atoms with Crippen LogP contribution in [0.4, 0.5) is 5.69 Å². The summed E-state index contributed by atoms with van der Waals surface area (Å²) < 4.78 is 5.28. The fourth-order valence-corrected chi connectivity index (χ4v) is 2.28. The Labute approximate surface area is 154 Å². The Morgan fingerprint density at radius 1 is 1.16 bits per heavy atom. The fraction of sp³-hybridized carbons (Fsp3) is 0.0556. The average Bonchev–Trinajstić information content (AvgIpc) is 2.62. The van der Waals surface area contributed by atoms with Crippen molar-refractivity contribution in [1.29, 1.82) is 10.5 Å². The minimum Gasteiger partial charge on any atom is -0.478 e. The summed E-state index contributed by atoms with van der Waals surface area (Å²) in [4.78, 5) is 12.3. The van der Waals surface area contributed by atoms with Gasteiger partial charge in [0.1, 0.15) is 23.5 Å². The third kappa shape index (κ3) is 4.74. The Bertz CT molecular complexity index is 911. The van der Waals surface area contributed by atoms with Crippen molar-refractivity contribution >= 4 is 40.9 Å². The second kappa shape index (κ2) is 8.75. The predicted octanol–water partition coefficient (Wildman–Crippen LogP) is 4.44. The number of rotatable bonds is 5. The number of nitrogens with zero attached hydrogens (tertiary/aromatic N) is 2. The van der Waals surface area contributed by atoms with Crippen LogP contribution in [-0.2, 0) is 4.79 Å². The molecule has 2 aromatic carbocycles. The van der Waals surface area contributed by atoms with Crippen LogP contribution in [0.15, 0.2) is 48.0 Å². The highest BCUT2D eigenvalue weighted by Crippen LogP contribution is 2.30. The SMILES string of the molecule is N#CCOc1ccccc1/C=C(/C#N)C(=O)Nc1cccc(Cl)c1Cl. The van der Waals surface area contributed by atoms with E-state index in [1.807, 2.05) is 12.1 Å². The molecule has 1 N–H and O–H groups in total. The quantitative estimate of drug-likeness (QED) is 0.621. The number of ether oxygens (including phenoxy) is 1. The Hall–Kier alpha value is -2.99. The van der Waals surface area contributed by atoms with Gasteiger partial charge in [-0.15, -0.1) is 0 Å². The van der Waals surface area contributed by atoms with E-state index in [1.165, 1.54) is 6.08 Å². The molecule has 0 atom stereocenters. The number of anilines is 1. The van der Waals surface area contributed by atoms with Crippen molar-refractivity contribution in [1.82, 2.24) is 0 Å². The number of halogens is 2. The molecule has 0 saturated carbocycles. The smallest absolute Gasteiger partial charge is 0.266 e. The average molecular weight is 372 g/mol. The van der Waals surface area contributed by atoms with Gasteiger partial charge in [0.2, 0.25) is 0 Å². The summed E-state index contributed by atoms with van der Waals surface area (Å²) in [6, 6.07) is 15.3. The molecule has 0 aromatic heterocycles. The topological polar surface area (TPSA) is 85.9 Å². The molecule has 0 unspecified atom stereocenters. The highest BCUT2D eigenvalue weighted by Gasteiger charge is 2.13. The summed E-state index contributed by atoms with van der Waals surface area (Å²) in [7, 11) is 0. The lowest BCUT2D eigenvalue weighted by Crippen LogP contribution is -2.13. The number of hydrogen-bond donors (Lipinski definition) is 1. The number of hydrogen-bond acceptors (Lipinski definition) is 4. The molecule has 5 nitrogen and oxygen atoms in total. The normalized spacial score (nSPS) is 10.5. The third-order valence-electron chi connectivity index (χ3n) is 3.08. The molecule has 1 amide bonds. The molecule has 0 aliphatic rings. The van der Waals surface area contributed by atoms with Gasteiger partial charge in [-0.2, -0.15) is 10.5 Å². The molecule has 124 valence electrons. The maximum Gasteiger partial charge on any atom is 0.266 e. The van der Waals surface area contributed by atoms with E-state index < -0.39 is 5.91 Å². The molecular formula is C18H11Cl2N3O2. The first-order chi connectivity index (χ1) is 12.1. The number of para-hydroxylation sites is 1. The minimum absolute atomic E-state index is 0.142. The van der Waals surface area contributed by atoms with E-state index in [0.717, 1.165) is 0 Å². The highest BCUT2D eigenvalue weighted by atomic mass is 35.5. The van der Waals surface area contributed by atoms with Gasteiger partial charge in [0.05, 0.1) is 15.7 Å². The van der Waals surface area contributed by atoms with Crippen LogP contribution in [0.25, 0.3) is 6.08 Å². The number of nitrogens with one attached hydrogen (secondary N) is 1. The Morgan fingerprint density at radius 3 is 2.64 bits per heavy atom. The van der Waals surface area contributed by atoms with Crippen molar-refractivity contribution in [2.75, 3.05) is 11.9 Å². The third-order valence-corrected chi connectivity index (χ3v) is 3.89. The first-order valence-corrected chi connectivity index (χ1v) is 7.78. The second-order valence-electron chi connectivity index (χ2n) is 4.71. The number of carbonyl (C=O) groups is 1. The molecule has 0 aliphatic heterocycles. The van der Waals surface area contributed by atoms with Crippen LogP contribution in [0.2, 0.25) is 10.0 Å². The number of amides is 1. The van der Waals surface area contributed by atoms with Crippen LogP contribution in [0, 0.1) is 22.7 Å². The number of nitriles is 2. The van der Waals surface area contributed by atoms with Crippen LogP contribution in [-0.4, -0.2) is 12.5 Å². The molecule has 0 spiro atoms. The van der Waals surface area contributed by atoms with Crippen LogP contribution in [0.5, 0.6) is 5.75 Å². The molecule has 0 radical (unpaired) electrons. The molecule has 0 bridgehead atoms. The van der Waals surface area contributed by atoms with Crippen LogP contribution in [0.1, 0.15) is 5.56 Å². The van der Waals surface area contributed by atoms with Crippen molar-refractivity contribution < 1.29 is 9.53 Å². The zero-order chi connectivity index (χ0) is 18.2. The van der Waals surface area contributed by atoms with Gasteiger partial charge in [-0.1, -0.05) is 47.5 Å². The Morgan fingerprint density at radius 2 is 1.92 bits per heavy atom. The van der Waals surface area contributed by atoms with Gasteiger partial charge in [-0.05, 0) is 24.3 Å². The van der Waals surface area contributed by atoms with Crippen molar-refractivity contribution in [3.8, 4) is 17.9 Å². The van der Waals surface area contributed by atoms with E-state index in [4.69, 9.17) is 33.2 Å². The van der Waals surface area contributed by atoms with Gasteiger partial charge >= 0.3 is 0 Å². The van der Waals surface area contributed by atoms with Gasteiger partial charge in [0.15, 0.2) is 6.61 Å². The zero-order valence-electron chi connectivity index (χ0n) is 12.8. The maximum absolute atomic E-state index is 12.3. The van der Waals surface area contributed by atoms with E-state index >= 15 is 0 Å². The molecule has 0 aliphatic carbocycles. The molecular weight excluding hydrogens is 361 g/mol. The lowest BCUT2D eigenvalue weighted by atomic mass is 10.1. The maximum atomic E-state index is 12.3. The summed E-state index contributed by atoms with van der Waals surface area (Å²) in [6.07, 6.45) is 1.38. The van der Waals surface area contributed by atoms with E-state index in [0.29, 0.717) is 17.0 Å². The van der Waals surface area contributed by atoms with Crippen molar-refractivity contribution in [3.63, 3.8) is 0 Å². The summed E-state index contributed by atoms with van der Waals surface area (Å²) in [6.45, 7) is -0.142. The molecule has 0 saturated heterocycles. The van der Waals surface area contributed by atoms with Crippen molar-refractivity contribution in [2.24, 2.45) is 0 Å². The van der Waals surface area contributed by atoms with Gasteiger partial charge < -0.3 is 10.1 Å². The monoisotopic (exact) mass is 371 g/mol. The van der Waals surface area contributed by atoms with Crippen LogP contribution < -0.4 is 10.1 Å². The van der Waals surface area contributed by atoms with Gasteiger partial charge in [0, 0.05) is 5.56 Å². The summed E-state index contributed by atoms with van der Waals surface area (Å²) in [5.41, 5.74) is 0.653. The molecule has 0 fully saturated rings. The van der Waals surface area contributed by atoms with Crippen LogP contribution in [0.3, 0.4) is 0 Å². The lowest BCUT2D eigenvalue weighted by molar-refractivity contribution is -0.112. The lowest BCUT2D eigenvalue weighted by Gasteiger charge is -2.09. The van der Waals surface area contributed by atoms with E-state index in [1.54, 1.807) is 42.5 Å². The van der Waals surface area contributed by atoms with E-state index in [-0.39, 0.29) is 22.2 Å². The summed E-state index contributed by atoms with van der Waals surface area (Å²) >= 11 is 11.9. The Balaban J connectivity index is 2.29. The molecule has 7 heteroatoms. The number of carbonyl (C=O) groups excluding carboxylic acids is 1. The molecule has 2 aromatic rings. The highest BCUT2D eigenvalue weighted by molar-refractivity contribution is 6.44. The molecule has 0 heterocycles. The van der Waals surface area contributed by atoms with Gasteiger partial charge in [-0.3, -0.25) is 4.79 Å². The molecule has 25 heavy (non-hydrogen) atoms. The Kier molecular flexibility index (Phi) is 6.42. The summed E-state index contributed by atoms with van der Waals surface area (Å²) in [5.74, 6) is -0.243. The van der Waals surface area contributed by atoms with Crippen molar-refractivity contribution in [2.45, 2.75) is 0 Å². The molecule has 2 rings (SSSR count). The standard InChI is InChI=1S/C18H11Cl2N3O2/c19-14-5-3-6-15(17(14)20)23-18(24)13(11-22)10-12-4-1-2-7-16(12)25-9-8-21/h1-7,10H,9H2,(H,23,24)/b13-10-. The largest absolute Gasteiger partial charge is 0.478 e. The minimum atomic E-state index is -0.637. The van der Waals surface area contributed by atoms with Gasteiger partial charge in [0.25, 0.3) is 5.91 Å². The zero-order valence-corrected chi connectivity index (χ0v) is 14.3.